The molecule has 2 aromatic carbocycles. The number of benzene rings is 2. The van der Waals surface area contributed by atoms with Gasteiger partial charge in [0.1, 0.15) is 5.82 Å². The number of hydrogen-bond acceptors (Lipinski definition) is 2. The summed E-state index contributed by atoms with van der Waals surface area (Å²) in [6, 6.07) is 12.2. The Bertz CT molecular complexity index is 767. The molecule has 0 bridgehead atoms. The van der Waals surface area contributed by atoms with Gasteiger partial charge < -0.3 is 5.73 Å². The van der Waals surface area contributed by atoms with Crippen LogP contribution < -0.4 is 5.73 Å². The summed E-state index contributed by atoms with van der Waals surface area (Å²) < 4.78 is 16.6. The van der Waals surface area contributed by atoms with Crippen molar-refractivity contribution in [1.82, 2.24) is 9.55 Å². The van der Waals surface area contributed by atoms with Gasteiger partial charge in [-0.3, -0.25) is 4.57 Å². The molecule has 0 spiro atoms. The van der Waals surface area contributed by atoms with Crippen LogP contribution in [-0.4, -0.2) is 9.55 Å². The van der Waals surface area contributed by atoms with E-state index in [1.807, 2.05) is 24.3 Å². The average Bonchev–Trinajstić information content (AvgIpc) is 2.91. The highest BCUT2D eigenvalue weighted by Gasteiger charge is 2.12. The van der Waals surface area contributed by atoms with Crippen molar-refractivity contribution >= 4 is 21.6 Å². The van der Waals surface area contributed by atoms with Gasteiger partial charge in [-0.25, -0.2) is 9.37 Å². The molecule has 0 atom stereocenters. The third-order valence-corrected chi connectivity index (χ3v) is 3.71. The molecule has 0 aliphatic heterocycles. The lowest BCUT2D eigenvalue weighted by Crippen LogP contribution is -2.00. The largest absolute Gasteiger partial charge is 0.399 e. The van der Waals surface area contributed by atoms with Crippen molar-refractivity contribution in [1.29, 1.82) is 0 Å². The van der Waals surface area contributed by atoms with Crippen molar-refractivity contribution in [2.24, 2.45) is 0 Å². The maximum absolute atomic E-state index is 14.0. The molecule has 3 rings (SSSR count). The zero-order valence-electron chi connectivity index (χ0n) is 10.4. The minimum absolute atomic E-state index is 0.342. The van der Waals surface area contributed by atoms with E-state index in [0.29, 0.717) is 11.4 Å². The molecule has 0 amide bonds. The van der Waals surface area contributed by atoms with Gasteiger partial charge in [0, 0.05) is 15.7 Å². The average molecular weight is 332 g/mol. The van der Waals surface area contributed by atoms with Gasteiger partial charge in [0.05, 0.1) is 23.9 Å². The minimum Gasteiger partial charge on any atom is -0.399 e. The predicted molar refractivity (Wildman–Crippen MR) is 81.1 cm³/mol. The molecule has 3 aromatic rings. The topological polar surface area (TPSA) is 43.8 Å². The van der Waals surface area contributed by atoms with Gasteiger partial charge in [-0.2, -0.15) is 0 Å². The van der Waals surface area contributed by atoms with E-state index in [-0.39, 0.29) is 5.82 Å². The number of nitrogen functional groups attached to an aromatic ring is 1. The van der Waals surface area contributed by atoms with Crippen molar-refractivity contribution in [3.63, 3.8) is 0 Å². The van der Waals surface area contributed by atoms with Crippen LogP contribution in [0.25, 0.3) is 16.9 Å². The third kappa shape index (κ3) is 2.20. The number of hydrogen-bond donors (Lipinski definition) is 1. The number of nitrogens with zero attached hydrogens (tertiary/aromatic N) is 2. The molecule has 0 radical (unpaired) electrons. The first kappa shape index (κ1) is 12.9. The summed E-state index contributed by atoms with van der Waals surface area (Å²) in [6.07, 6.45) is 3.27. The van der Waals surface area contributed by atoms with E-state index >= 15 is 0 Å². The standard InChI is InChI=1S/C15H11BrFN3/c16-12-4-2-1-3-11(12)15-8-19-9-20(15)14-7-10(18)5-6-13(14)17/h1-9H,18H2. The van der Waals surface area contributed by atoms with Crippen molar-refractivity contribution in [3.8, 4) is 16.9 Å². The van der Waals surface area contributed by atoms with Gasteiger partial charge in [0.2, 0.25) is 0 Å². The van der Waals surface area contributed by atoms with Gasteiger partial charge >= 0.3 is 0 Å². The van der Waals surface area contributed by atoms with E-state index in [4.69, 9.17) is 5.73 Å². The normalized spacial score (nSPS) is 10.7. The molecule has 3 nitrogen and oxygen atoms in total. The molecule has 5 heteroatoms. The Morgan fingerprint density at radius 3 is 2.75 bits per heavy atom. The second kappa shape index (κ2) is 5.09. The monoisotopic (exact) mass is 331 g/mol. The number of rotatable bonds is 2. The first-order valence-corrected chi connectivity index (χ1v) is 6.79. The van der Waals surface area contributed by atoms with E-state index in [1.54, 1.807) is 23.2 Å². The molecule has 2 N–H and O–H groups in total. The lowest BCUT2D eigenvalue weighted by atomic mass is 10.1. The Kier molecular flexibility index (Phi) is 3.28. The zero-order valence-corrected chi connectivity index (χ0v) is 12.0. The summed E-state index contributed by atoms with van der Waals surface area (Å²) in [5.41, 5.74) is 8.36. The van der Waals surface area contributed by atoms with E-state index < -0.39 is 0 Å². The quantitative estimate of drug-likeness (QED) is 0.720. The fourth-order valence-electron chi connectivity index (χ4n) is 2.07. The Morgan fingerprint density at radius 2 is 1.95 bits per heavy atom. The Hall–Kier alpha value is -2.14. The van der Waals surface area contributed by atoms with Crippen molar-refractivity contribution in [2.45, 2.75) is 0 Å². The first-order valence-electron chi connectivity index (χ1n) is 5.99. The summed E-state index contributed by atoms with van der Waals surface area (Å²) >= 11 is 3.50. The highest BCUT2D eigenvalue weighted by Crippen LogP contribution is 2.30. The molecule has 1 heterocycles. The number of halogens is 2. The van der Waals surface area contributed by atoms with Crippen molar-refractivity contribution in [2.75, 3.05) is 5.73 Å². The van der Waals surface area contributed by atoms with Gasteiger partial charge in [0.25, 0.3) is 0 Å². The number of nitrogens with two attached hydrogens (primary N) is 1. The molecule has 0 saturated carbocycles. The minimum atomic E-state index is -0.342. The molecule has 1 aromatic heterocycles. The molecule has 0 aliphatic rings. The van der Waals surface area contributed by atoms with Crippen LogP contribution in [0.1, 0.15) is 0 Å². The van der Waals surface area contributed by atoms with E-state index in [2.05, 4.69) is 20.9 Å². The lowest BCUT2D eigenvalue weighted by Gasteiger charge is -2.11. The molecule has 0 unspecified atom stereocenters. The fourth-order valence-corrected chi connectivity index (χ4v) is 2.56. The van der Waals surface area contributed by atoms with Crippen LogP contribution in [0.3, 0.4) is 0 Å². The summed E-state index contributed by atoms with van der Waals surface area (Å²) in [6.45, 7) is 0. The molecular formula is C15H11BrFN3. The second-order valence-electron chi connectivity index (χ2n) is 4.34. The third-order valence-electron chi connectivity index (χ3n) is 3.02. The van der Waals surface area contributed by atoms with Gasteiger partial charge in [-0.05, 0) is 24.3 Å². The van der Waals surface area contributed by atoms with E-state index in [1.165, 1.54) is 12.1 Å². The summed E-state index contributed by atoms with van der Waals surface area (Å²) in [7, 11) is 0. The van der Waals surface area contributed by atoms with E-state index in [9.17, 15) is 4.39 Å². The van der Waals surface area contributed by atoms with Gasteiger partial charge in [-0.1, -0.05) is 34.1 Å². The van der Waals surface area contributed by atoms with Crippen molar-refractivity contribution < 1.29 is 4.39 Å². The number of aromatic nitrogens is 2. The SMILES string of the molecule is Nc1ccc(F)c(-n2cncc2-c2ccccc2Br)c1. The molecule has 0 aliphatic carbocycles. The van der Waals surface area contributed by atoms with Crippen LogP contribution in [0.5, 0.6) is 0 Å². The van der Waals surface area contributed by atoms with E-state index in [0.717, 1.165) is 15.7 Å². The van der Waals surface area contributed by atoms with Crippen LogP contribution in [0.4, 0.5) is 10.1 Å². The van der Waals surface area contributed by atoms with Crippen LogP contribution >= 0.6 is 15.9 Å². The smallest absolute Gasteiger partial charge is 0.147 e. The van der Waals surface area contributed by atoms with Crippen LogP contribution in [0, 0.1) is 5.82 Å². The summed E-state index contributed by atoms with van der Waals surface area (Å²) in [5, 5.41) is 0. The van der Waals surface area contributed by atoms with Gasteiger partial charge in [-0.15, -0.1) is 0 Å². The molecule has 100 valence electrons. The predicted octanol–water partition coefficient (Wildman–Crippen LogP) is 4.02. The molecule has 0 saturated heterocycles. The Morgan fingerprint density at radius 1 is 1.15 bits per heavy atom. The van der Waals surface area contributed by atoms with Gasteiger partial charge in [0.15, 0.2) is 0 Å². The number of imidazole rings is 1. The van der Waals surface area contributed by atoms with Crippen LogP contribution in [0.15, 0.2) is 59.5 Å². The fraction of sp³-hybridized carbons (Fsp3) is 0. The molecular weight excluding hydrogens is 321 g/mol. The highest BCUT2D eigenvalue weighted by molar-refractivity contribution is 9.10. The first-order chi connectivity index (χ1) is 9.66. The summed E-state index contributed by atoms with van der Waals surface area (Å²) in [5.74, 6) is -0.342. The highest BCUT2D eigenvalue weighted by atomic mass is 79.9. The Labute approximate surface area is 124 Å². The van der Waals surface area contributed by atoms with Crippen LogP contribution in [-0.2, 0) is 0 Å². The second-order valence-corrected chi connectivity index (χ2v) is 5.19. The maximum atomic E-state index is 14.0. The van der Waals surface area contributed by atoms with Crippen molar-refractivity contribution in [3.05, 3.63) is 65.3 Å². The molecule has 20 heavy (non-hydrogen) atoms. The maximum Gasteiger partial charge on any atom is 0.147 e. The van der Waals surface area contributed by atoms with Crippen LogP contribution in [0.2, 0.25) is 0 Å². The number of anilines is 1. The zero-order chi connectivity index (χ0) is 14.1. The molecule has 0 fully saturated rings. The Balaban J connectivity index is 2.21. The lowest BCUT2D eigenvalue weighted by molar-refractivity contribution is 0.619. The summed E-state index contributed by atoms with van der Waals surface area (Å²) in [4.78, 5) is 4.12.